The second-order valence-electron chi connectivity index (χ2n) is 14.0. The molecule has 0 aliphatic rings. The summed E-state index contributed by atoms with van der Waals surface area (Å²) in [6.45, 7) is 0. The fraction of sp³-hybridized carbons (Fsp3) is 0. The predicted molar refractivity (Wildman–Crippen MR) is 229 cm³/mol. The Morgan fingerprint density at radius 1 is 0.321 bits per heavy atom. The van der Waals surface area contributed by atoms with Crippen LogP contribution in [0.1, 0.15) is 0 Å². The summed E-state index contributed by atoms with van der Waals surface area (Å²) in [7, 11) is 0. The van der Waals surface area contributed by atoms with Crippen LogP contribution in [0, 0.1) is 0 Å². The molecule has 11 aromatic rings. The van der Waals surface area contributed by atoms with Crippen molar-refractivity contribution in [2.24, 2.45) is 0 Å². The summed E-state index contributed by atoms with van der Waals surface area (Å²) in [6, 6.07) is 67.6. The van der Waals surface area contributed by atoms with E-state index in [9.17, 15) is 0 Å². The minimum absolute atomic E-state index is 0.611. The molecular formula is C51H32N4O. The van der Waals surface area contributed by atoms with Gasteiger partial charge in [-0.15, -0.1) is 0 Å². The average Bonchev–Trinajstić information content (AvgIpc) is 3.82. The quantitative estimate of drug-likeness (QED) is 0.172. The Morgan fingerprint density at radius 3 is 1.39 bits per heavy atom. The lowest BCUT2D eigenvalue weighted by atomic mass is 9.93. The molecular weight excluding hydrogens is 685 g/mol. The van der Waals surface area contributed by atoms with Gasteiger partial charge in [0.2, 0.25) is 0 Å². The van der Waals surface area contributed by atoms with Crippen LogP contribution in [0.2, 0.25) is 0 Å². The van der Waals surface area contributed by atoms with Gasteiger partial charge in [-0.25, -0.2) is 15.0 Å². The first kappa shape index (κ1) is 31.9. The zero-order chi connectivity index (χ0) is 37.0. The Morgan fingerprint density at radius 2 is 0.768 bits per heavy atom. The van der Waals surface area contributed by atoms with Crippen LogP contribution in [0.15, 0.2) is 199 Å². The molecule has 56 heavy (non-hydrogen) atoms. The Labute approximate surface area is 322 Å². The highest BCUT2D eigenvalue weighted by Gasteiger charge is 2.18. The number of furan rings is 1. The molecule has 0 saturated carbocycles. The maximum atomic E-state index is 6.41. The van der Waals surface area contributed by atoms with E-state index in [0.29, 0.717) is 17.5 Å². The Hall–Kier alpha value is -7.63. The van der Waals surface area contributed by atoms with Crippen LogP contribution in [0.25, 0.3) is 106 Å². The minimum atomic E-state index is 0.611. The molecule has 0 atom stereocenters. The number of nitrogens with zero attached hydrogens (tertiary/aromatic N) is 4. The fourth-order valence-corrected chi connectivity index (χ4v) is 8.00. The highest BCUT2D eigenvalue weighted by molar-refractivity contribution is 6.11. The number of hydrogen-bond acceptors (Lipinski definition) is 4. The van der Waals surface area contributed by atoms with Gasteiger partial charge in [-0.2, -0.15) is 0 Å². The highest BCUT2D eigenvalue weighted by atomic mass is 16.3. The van der Waals surface area contributed by atoms with Gasteiger partial charge in [-0.1, -0.05) is 133 Å². The SMILES string of the molecule is c1ccc(-c2nc(-c3ccccc3)nc(-c3ccc4oc5ccc(-c6ccccc6-c6ccc7c(c6)c6ccccc6n7-c6ccccc6)cc5c4c3)n2)cc1. The van der Waals surface area contributed by atoms with Gasteiger partial charge in [0.1, 0.15) is 11.2 Å². The summed E-state index contributed by atoms with van der Waals surface area (Å²) in [5.74, 6) is 1.88. The van der Waals surface area contributed by atoms with Crippen molar-refractivity contribution in [3.05, 3.63) is 194 Å². The number of aromatic nitrogens is 4. The maximum Gasteiger partial charge on any atom is 0.164 e. The Balaban J connectivity index is 1.04. The first-order valence-corrected chi connectivity index (χ1v) is 18.8. The monoisotopic (exact) mass is 716 g/mol. The molecule has 0 unspecified atom stereocenters. The summed E-state index contributed by atoms with van der Waals surface area (Å²) in [5, 5.41) is 4.51. The summed E-state index contributed by atoms with van der Waals surface area (Å²) >= 11 is 0. The van der Waals surface area contributed by atoms with Crippen molar-refractivity contribution in [1.29, 1.82) is 0 Å². The van der Waals surface area contributed by atoms with Crippen LogP contribution < -0.4 is 0 Å². The highest BCUT2D eigenvalue weighted by Crippen LogP contribution is 2.40. The molecule has 0 saturated heterocycles. The molecule has 0 aliphatic heterocycles. The lowest BCUT2D eigenvalue weighted by molar-refractivity contribution is 0.669. The molecule has 0 fully saturated rings. The fourth-order valence-electron chi connectivity index (χ4n) is 8.00. The van der Waals surface area contributed by atoms with Gasteiger partial charge in [0.25, 0.3) is 0 Å². The average molecular weight is 717 g/mol. The molecule has 0 amide bonds. The number of rotatable bonds is 6. The van der Waals surface area contributed by atoms with E-state index < -0.39 is 0 Å². The molecule has 0 radical (unpaired) electrons. The van der Waals surface area contributed by atoms with Crippen LogP contribution >= 0.6 is 0 Å². The van der Waals surface area contributed by atoms with E-state index in [1.54, 1.807) is 0 Å². The lowest BCUT2D eigenvalue weighted by Crippen LogP contribution is -2.00. The molecule has 11 rings (SSSR count). The second kappa shape index (κ2) is 13.0. The zero-order valence-electron chi connectivity index (χ0n) is 30.2. The molecule has 0 spiro atoms. The van der Waals surface area contributed by atoms with Crippen molar-refractivity contribution >= 4 is 43.7 Å². The van der Waals surface area contributed by atoms with Crippen LogP contribution in [-0.2, 0) is 0 Å². The molecule has 5 heteroatoms. The van der Waals surface area contributed by atoms with Crippen molar-refractivity contribution in [2.45, 2.75) is 0 Å². The number of para-hydroxylation sites is 2. The molecule has 0 N–H and O–H groups in total. The van der Waals surface area contributed by atoms with Crippen molar-refractivity contribution < 1.29 is 4.42 Å². The summed E-state index contributed by atoms with van der Waals surface area (Å²) in [4.78, 5) is 14.9. The summed E-state index contributed by atoms with van der Waals surface area (Å²) in [5.41, 5.74) is 12.6. The maximum absolute atomic E-state index is 6.41. The first-order valence-electron chi connectivity index (χ1n) is 18.8. The summed E-state index contributed by atoms with van der Waals surface area (Å²) in [6.07, 6.45) is 0. The molecule has 262 valence electrons. The van der Waals surface area contributed by atoms with Gasteiger partial charge >= 0.3 is 0 Å². The molecule has 0 bridgehead atoms. The van der Waals surface area contributed by atoms with Crippen LogP contribution in [0.5, 0.6) is 0 Å². The van der Waals surface area contributed by atoms with Crippen molar-refractivity contribution in [1.82, 2.24) is 19.5 Å². The van der Waals surface area contributed by atoms with Gasteiger partial charge in [0.15, 0.2) is 17.5 Å². The lowest BCUT2D eigenvalue weighted by Gasteiger charge is -2.12. The molecule has 0 aliphatic carbocycles. The molecule has 3 heterocycles. The van der Waals surface area contributed by atoms with E-state index in [4.69, 9.17) is 19.4 Å². The Kier molecular flexibility index (Phi) is 7.42. The van der Waals surface area contributed by atoms with E-state index in [1.165, 1.54) is 32.9 Å². The normalized spacial score (nSPS) is 11.6. The van der Waals surface area contributed by atoms with Gasteiger partial charge < -0.3 is 8.98 Å². The van der Waals surface area contributed by atoms with E-state index in [-0.39, 0.29) is 0 Å². The standard InChI is InChI=1S/C51H32N4O/c1-4-14-33(15-5-1)49-52-50(34-16-6-2-7-17-34)54-51(53-49)37-26-29-48-44(32-37)43-31-36(25-28-47(43)56-48)40-21-11-10-20-39(40)35-24-27-46-42(30-35)41-22-12-13-23-45(41)55(46)38-18-8-3-9-19-38/h1-32H. The zero-order valence-corrected chi connectivity index (χ0v) is 30.2. The third kappa shape index (κ3) is 5.37. The van der Waals surface area contributed by atoms with Gasteiger partial charge in [0.05, 0.1) is 11.0 Å². The van der Waals surface area contributed by atoms with Gasteiger partial charge in [-0.05, 0) is 82.9 Å². The van der Waals surface area contributed by atoms with Gasteiger partial charge in [-0.3, -0.25) is 0 Å². The minimum Gasteiger partial charge on any atom is -0.456 e. The second-order valence-corrected chi connectivity index (χ2v) is 14.0. The van der Waals surface area contributed by atoms with Crippen LogP contribution in [-0.4, -0.2) is 19.5 Å². The molecule has 8 aromatic carbocycles. The van der Waals surface area contributed by atoms with Gasteiger partial charge in [0, 0.05) is 43.9 Å². The number of hydrogen-bond donors (Lipinski definition) is 0. The third-order valence-corrected chi connectivity index (χ3v) is 10.7. The van der Waals surface area contributed by atoms with Crippen molar-refractivity contribution in [3.8, 4) is 62.1 Å². The van der Waals surface area contributed by atoms with E-state index in [2.05, 4.69) is 126 Å². The van der Waals surface area contributed by atoms with Crippen molar-refractivity contribution in [2.75, 3.05) is 0 Å². The predicted octanol–water partition coefficient (Wildman–Crippen LogP) is 13.2. The van der Waals surface area contributed by atoms with E-state index in [0.717, 1.165) is 55.4 Å². The van der Waals surface area contributed by atoms with Crippen LogP contribution in [0.4, 0.5) is 0 Å². The molecule has 5 nitrogen and oxygen atoms in total. The van der Waals surface area contributed by atoms with E-state index >= 15 is 0 Å². The van der Waals surface area contributed by atoms with Crippen LogP contribution in [0.3, 0.4) is 0 Å². The largest absolute Gasteiger partial charge is 0.456 e. The van der Waals surface area contributed by atoms with Crippen molar-refractivity contribution in [3.63, 3.8) is 0 Å². The third-order valence-electron chi connectivity index (χ3n) is 10.7. The Bertz CT molecular complexity index is 3180. The smallest absolute Gasteiger partial charge is 0.164 e. The first-order chi connectivity index (χ1) is 27.7. The molecule has 3 aromatic heterocycles. The topological polar surface area (TPSA) is 56.7 Å². The number of benzene rings is 8. The summed E-state index contributed by atoms with van der Waals surface area (Å²) < 4.78 is 8.76. The van der Waals surface area contributed by atoms with E-state index in [1.807, 2.05) is 72.8 Å². The number of fused-ring (bicyclic) bond motifs is 6.